The second-order valence-electron chi connectivity index (χ2n) is 1.79. The van der Waals surface area contributed by atoms with Gasteiger partial charge in [-0.2, -0.15) is 0 Å². The van der Waals surface area contributed by atoms with Crippen molar-refractivity contribution >= 4 is 6.29 Å². The lowest BCUT2D eigenvalue weighted by molar-refractivity contribution is 0.562. The average molecular weight is 129 g/mol. The minimum Gasteiger partial charge on any atom is -0.285 e. The van der Waals surface area contributed by atoms with Gasteiger partial charge < -0.3 is 0 Å². The fraction of sp³-hybridized carbons (Fsp3) is 0. The van der Waals surface area contributed by atoms with Gasteiger partial charge in [0.1, 0.15) is 0 Å². The van der Waals surface area contributed by atoms with Crippen LogP contribution in [0.2, 0.25) is 0 Å². The average Bonchev–Trinajstić information content (AvgIpc) is 2.04. The van der Waals surface area contributed by atoms with Gasteiger partial charge in [0.2, 0.25) is 6.29 Å². The quantitative estimate of drug-likeness (QED) is 0.519. The summed E-state index contributed by atoms with van der Waals surface area (Å²) in [7, 11) is 0. The maximum atomic E-state index is 10.2. The Morgan fingerprint density at radius 2 is 1.80 bits per heavy atom. The van der Waals surface area contributed by atoms with Crippen LogP contribution in [0.4, 0.5) is 0 Å². The Hall–Kier alpha value is -1.55. The molecule has 0 saturated heterocycles. The Kier molecular flexibility index (Phi) is 1.86. The zero-order valence-corrected chi connectivity index (χ0v) is 5.29. The molecule has 0 aliphatic rings. The lowest BCUT2D eigenvalue weighted by Gasteiger charge is -1.90. The van der Waals surface area contributed by atoms with Crippen LogP contribution in [0.1, 0.15) is 11.1 Å². The van der Waals surface area contributed by atoms with Crippen LogP contribution in [-0.2, 0) is 4.79 Å². The third-order valence-electron chi connectivity index (χ3n) is 1.19. The van der Waals surface area contributed by atoms with Crippen LogP contribution in [0, 0.1) is 12.3 Å². The van der Waals surface area contributed by atoms with Crippen LogP contribution in [0.25, 0.3) is 0 Å². The zero-order valence-electron chi connectivity index (χ0n) is 5.29. The molecule has 0 bridgehead atoms. The van der Waals surface area contributed by atoms with E-state index in [0.717, 1.165) is 0 Å². The van der Waals surface area contributed by atoms with E-state index in [4.69, 9.17) is 6.42 Å². The molecule has 1 radical (unpaired) electrons. The summed E-state index contributed by atoms with van der Waals surface area (Å²) < 4.78 is 0. The van der Waals surface area contributed by atoms with Crippen molar-refractivity contribution < 1.29 is 4.79 Å². The van der Waals surface area contributed by atoms with Crippen LogP contribution in [-0.4, -0.2) is 6.29 Å². The molecule has 1 rings (SSSR count). The lowest BCUT2D eigenvalue weighted by atomic mass is 10.1. The van der Waals surface area contributed by atoms with Crippen molar-refractivity contribution in [3.63, 3.8) is 0 Å². The Balaban J connectivity index is 3.24. The van der Waals surface area contributed by atoms with E-state index in [0.29, 0.717) is 11.1 Å². The van der Waals surface area contributed by atoms with E-state index in [2.05, 4.69) is 5.92 Å². The first kappa shape index (κ1) is 6.57. The molecule has 1 heteroatoms. The third kappa shape index (κ3) is 1.06. The fourth-order valence-corrected chi connectivity index (χ4v) is 0.698. The van der Waals surface area contributed by atoms with Crippen molar-refractivity contribution in [2.45, 2.75) is 0 Å². The van der Waals surface area contributed by atoms with Gasteiger partial charge in [0.05, 0.1) is 0 Å². The van der Waals surface area contributed by atoms with Gasteiger partial charge in [-0.05, 0) is 12.1 Å². The van der Waals surface area contributed by atoms with Crippen molar-refractivity contribution in [3.8, 4) is 12.3 Å². The lowest BCUT2D eigenvalue weighted by Crippen LogP contribution is -1.84. The van der Waals surface area contributed by atoms with Gasteiger partial charge in [-0.25, -0.2) is 0 Å². The summed E-state index contributed by atoms with van der Waals surface area (Å²) in [6.07, 6.45) is 6.85. The highest BCUT2D eigenvalue weighted by Crippen LogP contribution is 2.02. The number of hydrogen-bond donors (Lipinski definition) is 0. The molecule has 0 spiro atoms. The minimum atomic E-state index is 0.449. The predicted octanol–water partition coefficient (Wildman–Crippen LogP) is 1.13. The number of hydrogen-bond acceptors (Lipinski definition) is 1. The summed E-state index contributed by atoms with van der Waals surface area (Å²) in [5.41, 5.74) is 1.04. The van der Waals surface area contributed by atoms with Crippen LogP contribution >= 0.6 is 0 Å². The smallest absolute Gasteiger partial charge is 0.234 e. The van der Waals surface area contributed by atoms with E-state index in [1.807, 2.05) is 0 Å². The van der Waals surface area contributed by atoms with Gasteiger partial charge in [-0.15, -0.1) is 6.42 Å². The highest BCUT2D eigenvalue weighted by Gasteiger charge is 1.94. The van der Waals surface area contributed by atoms with Crippen LogP contribution < -0.4 is 0 Å². The second-order valence-corrected chi connectivity index (χ2v) is 1.79. The summed E-state index contributed by atoms with van der Waals surface area (Å²) in [4.78, 5) is 10.2. The van der Waals surface area contributed by atoms with E-state index in [9.17, 15) is 4.79 Å². The summed E-state index contributed by atoms with van der Waals surface area (Å²) in [5, 5.41) is 0. The Labute approximate surface area is 59.7 Å². The van der Waals surface area contributed by atoms with Crippen molar-refractivity contribution in [1.29, 1.82) is 0 Å². The SMILES string of the molecule is C#Cc1ccccc1[C]=O. The monoisotopic (exact) mass is 129 g/mol. The molecule has 0 aromatic heterocycles. The van der Waals surface area contributed by atoms with Crippen molar-refractivity contribution in [2.75, 3.05) is 0 Å². The third-order valence-corrected chi connectivity index (χ3v) is 1.19. The molecule has 0 aliphatic heterocycles. The normalized spacial score (nSPS) is 8.30. The van der Waals surface area contributed by atoms with Crippen molar-refractivity contribution in [3.05, 3.63) is 35.4 Å². The first-order valence-electron chi connectivity index (χ1n) is 2.82. The van der Waals surface area contributed by atoms with Gasteiger partial charge in [-0.1, -0.05) is 18.1 Å². The molecular formula is C9H5O. The summed E-state index contributed by atoms with van der Waals surface area (Å²) in [6.45, 7) is 0. The molecular weight excluding hydrogens is 124 g/mol. The highest BCUT2D eigenvalue weighted by atomic mass is 16.1. The van der Waals surface area contributed by atoms with Crippen molar-refractivity contribution in [1.82, 2.24) is 0 Å². The molecule has 0 heterocycles. The van der Waals surface area contributed by atoms with Gasteiger partial charge in [0.15, 0.2) is 0 Å². The van der Waals surface area contributed by atoms with Gasteiger partial charge in [-0.3, -0.25) is 4.79 Å². The molecule has 10 heavy (non-hydrogen) atoms. The Morgan fingerprint density at radius 1 is 1.20 bits per heavy atom. The van der Waals surface area contributed by atoms with Crippen LogP contribution in [0.3, 0.4) is 0 Å². The Morgan fingerprint density at radius 3 is 2.20 bits per heavy atom. The summed E-state index contributed by atoms with van der Waals surface area (Å²) >= 11 is 0. The van der Waals surface area contributed by atoms with Gasteiger partial charge in [0, 0.05) is 11.1 Å². The molecule has 1 nitrogen and oxygen atoms in total. The molecule has 47 valence electrons. The first-order chi connectivity index (χ1) is 4.88. The number of rotatable bonds is 1. The molecule has 1 aromatic rings. The number of carbonyl (C=O) groups excluding carboxylic acids is 1. The maximum absolute atomic E-state index is 10.2. The standard InChI is InChI=1S/C9H5O/c1-2-8-5-3-4-6-9(8)7-10/h1,3-6H. The fourth-order valence-electron chi connectivity index (χ4n) is 0.698. The molecule has 0 fully saturated rings. The zero-order chi connectivity index (χ0) is 7.40. The predicted molar refractivity (Wildman–Crippen MR) is 39.2 cm³/mol. The van der Waals surface area contributed by atoms with E-state index in [-0.39, 0.29) is 0 Å². The Bertz CT molecular complexity index is 281. The topological polar surface area (TPSA) is 17.1 Å². The number of terminal acetylenes is 1. The van der Waals surface area contributed by atoms with Crippen molar-refractivity contribution in [2.24, 2.45) is 0 Å². The van der Waals surface area contributed by atoms with E-state index in [1.165, 1.54) is 0 Å². The van der Waals surface area contributed by atoms with E-state index in [1.54, 1.807) is 30.6 Å². The number of benzene rings is 1. The molecule has 0 saturated carbocycles. The molecule has 0 N–H and O–H groups in total. The van der Waals surface area contributed by atoms with E-state index >= 15 is 0 Å². The summed E-state index contributed by atoms with van der Waals surface area (Å²) in [5.74, 6) is 2.38. The summed E-state index contributed by atoms with van der Waals surface area (Å²) in [6, 6.07) is 6.89. The minimum absolute atomic E-state index is 0.449. The van der Waals surface area contributed by atoms with E-state index < -0.39 is 0 Å². The van der Waals surface area contributed by atoms with Gasteiger partial charge >= 0.3 is 0 Å². The first-order valence-corrected chi connectivity index (χ1v) is 2.82. The highest BCUT2D eigenvalue weighted by molar-refractivity contribution is 5.79. The molecule has 0 amide bonds. The molecule has 0 unspecified atom stereocenters. The largest absolute Gasteiger partial charge is 0.285 e. The maximum Gasteiger partial charge on any atom is 0.234 e. The molecule has 0 atom stereocenters. The second kappa shape index (κ2) is 2.84. The van der Waals surface area contributed by atoms with Crippen LogP contribution in [0.15, 0.2) is 24.3 Å². The molecule has 1 aromatic carbocycles. The van der Waals surface area contributed by atoms with Crippen LogP contribution in [0.5, 0.6) is 0 Å². The molecule has 0 aliphatic carbocycles. The van der Waals surface area contributed by atoms with Gasteiger partial charge in [0.25, 0.3) is 0 Å².